The fraction of sp³-hybridized carbons (Fsp3) is 0.348. The highest BCUT2D eigenvalue weighted by Crippen LogP contribution is 2.37. The van der Waals surface area contributed by atoms with E-state index in [1.54, 1.807) is 6.07 Å². The molecular weight excluding hydrogens is 547 g/mol. The first-order valence-corrected chi connectivity index (χ1v) is 11.7. The van der Waals surface area contributed by atoms with Gasteiger partial charge in [0.15, 0.2) is 11.5 Å². The van der Waals surface area contributed by atoms with Crippen LogP contribution < -0.4 is 14.8 Å². The first-order valence-electron chi connectivity index (χ1n) is 10.8. The highest BCUT2D eigenvalue weighted by molar-refractivity contribution is 8.14. The molecule has 1 heterocycles. The third-order valence-corrected chi connectivity index (χ3v) is 6.47. The van der Waals surface area contributed by atoms with Crippen LogP contribution in [-0.2, 0) is 11.3 Å². The van der Waals surface area contributed by atoms with E-state index in [9.17, 15) is 40.3 Å². The molecule has 1 atom stereocenters. The fourth-order valence-electron chi connectivity index (χ4n) is 3.32. The summed E-state index contributed by atoms with van der Waals surface area (Å²) in [5, 5.41) is 6.15. The van der Waals surface area contributed by atoms with Crippen molar-refractivity contribution < 1.29 is 49.8 Å². The summed E-state index contributed by atoms with van der Waals surface area (Å²) in [6, 6.07) is 9.11. The molecule has 0 radical (unpaired) electrons. The van der Waals surface area contributed by atoms with Crippen LogP contribution >= 0.6 is 11.8 Å². The van der Waals surface area contributed by atoms with Gasteiger partial charge in [-0.05, 0) is 42.3 Å². The number of alkyl halides is 7. The van der Waals surface area contributed by atoms with Gasteiger partial charge >= 0.3 is 29.9 Å². The molecule has 2 aromatic carbocycles. The summed E-state index contributed by atoms with van der Waals surface area (Å²) in [4.78, 5) is 24.0. The van der Waals surface area contributed by atoms with E-state index < -0.39 is 35.1 Å². The molecule has 1 N–H and O–H groups in total. The number of hydrazone groups is 1. The number of ether oxygens (including phenoxy) is 2. The van der Waals surface area contributed by atoms with Crippen molar-refractivity contribution in [2.24, 2.45) is 5.10 Å². The first-order chi connectivity index (χ1) is 17.8. The minimum absolute atomic E-state index is 0.0688. The van der Waals surface area contributed by atoms with Crippen LogP contribution in [0.1, 0.15) is 24.5 Å². The molecule has 15 heteroatoms. The molecule has 3 rings (SSSR count). The minimum atomic E-state index is -6.05. The standard InChI is InChI=1S/C23H20F7N3O4S/c1-3-17-18(13-6-9-15(36-2)16(10-13)37-20(24)25)32-33(21(35)38-17)11-12-4-7-14(8-5-12)31-19(34)22(26,27)23(28,29)30/h4-10,17,20H,3,11H2,1-2H3,(H,31,34). The van der Waals surface area contributed by atoms with Crippen molar-refractivity contribution in [1.82, 2.24) is 5.01 Å². The third kappa shape index (κ3) is 6.49. The molecule has 0 saturated carbocycles. The number of methoxy groups -OCH3 is 1. The number of anilines is 1. The Morgan fingerprint density at radius 1 is 1.11 bits per heavy atom. The number of nitrogens with one attached hydrogen (secondary N) is 1. The predicted molar refractivity (Wildman–Crippen MR) is 125 cm³/mol. The number of carbonyl (C=O) groups excluding carboxylic acids is 2. The zero-order valence-electron chi connectivity index (χ0n) is 19.7. The first kappa shape index (κ1) is 29.1. The number of nitrogens with zero attached hydrogens (tertiary/aromatic N) is 2. The summed E-state index contributed by atoms with van der Waals surface area (Å²) >= 11 is 0.952. The SMILES string of the molecule is CCC1SC(=O)N(Cc2ccc(NC(=O)C(F)(F)C(F)(F)F)cc2)N=C1c1ccc(OC)c(OC(F)F)c1. The molecule has 0 saturated heterocycles. The lowest BCUT2D eigenvalue weighted by atomic mass is 10.0. The van der Waals surface area contributed by atoms with Gasteiger partial charge in [0.25, 0.3) is 0 Å². The van der Waals surface area contributed by atoms with Crippen LogP contribution in [0.2, 0.25) is 0 Å². The lowest BCUT2D eigenvalue weighted by Crippen LogP contribution is -2.47. The van der Waals surface area contributed by atoms with Crippen molar-refractivity contribution in [2.75, 3.05) is 12.4 Å². The smallest absolute Gasteiger partial charge is 0.463 e. The van der Waals surface area contributed by atoms with Crippen LogP contribution in [0.3, 0.4) is 0 Å². The summed E-state index contributed by atoms with van der Waals surface area (Å²) in [6.45, 7) is -1.41. The Hall–Kier alpha value is -3.49. The van der Waals surface area contributed by atoms with Gasteiger partial charge < -0.3 is 14.8 Å². The number of thioether (sulfide) groups is 1. The number of benzene rings is 2. The number of hydrogen-bond donors (Lipinski definition) is 1. The van der Waals surface area contributed by atoms with Crippen molar-refractivity contribution in [1.29, 1.82) is 0 Å². The molecule has 2 amide bonds. The summed E-state index contributed by atoms with van der Waals surface area (Å²) in [7, 11) is 1.29. The van der Waals surface area contributed by atoms with Gasteiger partial charge in [0, 0.05) is 11.3 Å². The van der Waals surface area contributed by atoms with Crippen LogP contribution in [0.4, 0.5) is 41.2 Å². The van der Waals surface area contributed by atoms with Crippen molar-refractivity contribution in [3.63, 3.8) is 0 Å². The maximum absolute atomic E-state index is 13.2. The van der Waals surface area contributed by atoms with E-state index in [1.165, 1.54) is 36.7 Å². The molecular formula is C23H20F7N3O4S. The molecule has 0 aromatic heterocycles. The number of hydrogen-bond acceptors (Lipinski definition) is 6. The molecule has 0 aliphatic carbocycles. The third-order valence-electron chi connectivity index (χ3n) is 5.22. The van der Waals surface area contributed by atoms with E-state index >= 15 is 0 Å². The molecule has 38 heavy (non-hydrogen) atoms. The summed E-state index contributed by atoms with van der Waals surface area (Å²) in [5.41, 5.74) is 0.898. The van der Waals surface area contributed by atoms with Crippen LogP contribution in [0, 0.1) is 0 Å². The lowest BCUT2D eigenvalue weighted by molar-refractivity contribution is -0.267. The highest BCUT2D eigenvalue weighted by atomic mass is 32.2. The maximum Gasteiger partial charge on any atom is 0.463 e. The largest absolute Gasteiger partial charge is 0.493 e. The Bertz CT molecular complexity index is 1210. The van der Waals surface area contributed by atoms with Gasteiger partial charge in [0.2, 0.25) is 0 Å². The molecule has 7 nitrogen and oxygen atoms in total. The Kier molecular flexibility index (Phi) is 8.79. The van der Waals surface area contributed by atoms with E-state index in [-0.39, 0.29) is 23.7 Å². The van der Waals surface area contributed by atoms with Crippen LogP contribution in [0.15, 0.2) is 47.6 Å². The molecule has 0 bridgehead atoms. The molecule has 0 spiro atoms. The summed E-state index contributed by atoms with van der Waals surface area (Å²) < 4.78 is 98.6. The quantitative estimate of drug-likeness (QED) is 0.361. The zero-order chi connectivity index (χ0) is 28.3. The van der Waals surface area contributed by atoms with Crippen molar-refractivity contribution in [3.8, 4) is 11.5 Å². The van der Waals surface area contributed by atoms with E-state index in [1.807, 2.05) is 6.92 Å². The van der Waals surface area contributed by atoms with Gasteiger partial charge in [-0.2, -0.15) is 35.8 Å². The second-order valence-corrected chi connectivity index (χ2v) is 8.94. The van der Waals surface area contributed by atoms with Gasteiger partial charge in [-0.15, -0.1) is 0 Å². The van der Waals surface area contributed by atoms with Crippen molar-refractivity contribution in [3.05, 3.63) is 53.6 Å². The molecule has 0 fully saturated rings. The van der Waals surface area contributed by atoms with Crippen LogP contribution in [0.25, 0.3) is 0 Å². The van der Waals surface area contributed by atoms with Crippen LogP contribution in [-0.4, -0.2) is 52.9 Å². The average Bonchev–Trinajstić information content (AvgIpc) is 2.85. The van der Waals surface area contributed by atoms with Gasteiger partial charge in [0.05, 0.1) is 24.6 Å². The van der Waals surface area contributed by atoms with E-state index in [0.717, 1.165) is 28.9 Å². The Morgan fingerprint density at radius 3 is 2.32 bits per heavy atom. The highest BCUT2D eigenvalue weighted by Gasteiger charge is 2.63. The van der Waals surface area contributed by atoms with Gasteiger partial charge in [-0.25, -0.2) is 5.01 Å². The van der Waals surface area contributed by atoms with Crippen LogP contribution in [0.5, 0.6) is 11.5 Å². The number of carbonyl (C=O) groups is 2. The normalized spacial score (nSPS) is 16.4. The van der Waals surface area contributed by atoms with Crippen molar-refractivity contribution in [2.45, 2.75) is 43.8 Å². The average molecular weight is 567 g/mol. The number of halogens is 7. The fourth-order valence-corrected chi connectivity index (χ4v) is 4.25. The lowest BCUT2D eigenvalue weighted by Gasteiger charge is -2.28. The van der Waals surface area contributed by atoms with E-state index in [2.05, 4.69) is 9.84 Å². The Labute approximate surface area is 216 Å². The molecule has 206 valence electrons. The van der Waals surface area contributed by atoms with E-state index in [4.69, 9.17) is 4.74 Å². The monoisotopic (exact) mass is 567 g/mol. The zero-order valence-corrected chi connectivity index (χ0v) is 20.5. The second-order valence-electron chi connectivity index (χ2n) is 7.79. The Morgan fingerprint density at radius 2 is 1.76 bits per heavy atom. The minimum Gasteiger partial charge on any atom is -0.493 e. The predicted octanol–water partition coefficient (Wildman–Crippen LogP) is 6.28. The number of amides is 2. The van der Waals surface area contributed by atoms with Gasteiger partial charge in [0.1, 0.15) is 0 Å². The summed E-state index contributed by atoms with van der Waals surface area (Å²) in [6.07, 6.45) is -5.57. The Balaban J connectivity index is 1.82. The van der Waals surface area contributed by atoms with Crippen molar-refractivity contribution >= 4 is 34.3 Å². The second kappa shape index (κ2) is 11.5. The van der Waals surface area contributed by atoms with E-state index in [0.29, 0.717) is 23.3 Å². The number of rotatable bonds is 9. The molecule has 1 unspecified atom stereocenters. The molecule has 1 aliphatic heterocycles. The summed E-state index contributed by atoms with van der Waals surface area (Å²) in [5.74, 6) is -8.26. The van der Waals surface area contributed by atoms with Gasteiger partial charge in [-0.3, -0.25) is 9.59 Å². The molecule has 2 aromatic rings. The maximum atomic E-state index is 13.2. The molecule has 1 aliphatic rings. The topological polar surface area (TPSA) is 80.2 Å². The van der Waals surface area contributed by atoms with Gasteiger partial charge in [-0.1, -0.05) is 30.8 Å².